The van der Waals surface area contributed by atoms with Gasteiger partial charge in [-0.1, -0.05) is 0 Å². The van der Waals surface area contributed by atoms with Gasteiger partial charge >= 0.3 is 0 Å². The highest BCUT2D eigenvalue weighted by molar-refractivity contribution is 5.65. The van der Waals surface area contributed by atoms with Crippen LogP contribution in [0.15, 0.2) is 30.7 Å². The van der Waals surface area contributed by atoms with E-state index in [0.29, 0.717) is 35.3 Å². The number of nitrogen functional groups attached to an aromatic ring is 1. The molecule has 26 heavy (non-hydrogen) atoms. The Hall–Kier alpha value is -2.74. The molecule has 1 atom stereocenters. The van der Waals surface area contributed by atoms with Gasteiger partial charge in [-0.2, -0.15) is 0 Å². The van der Waals surface area contributed by atoms with E-state index in [-0.39, 0.29) is 17.5 Å². The van der Waals surface area contributed by atoms with Gasteiger partial charge in [-0.3, -0.25) is 4.40 Å². The molecule has 0 saturated carbocycles. The van der Waals surface area contributed by atoms with Crippen LogP contribution in [0, 0.1) is 5.82 Å². The third kappa shape index (κ3) is 3.20. The average molecular weight is 356 g/mol. The molecular weight excluding hydrogens is 335 g/mol. The van der Waals surface area contributed by atoms with Gasteiger partial charge in [-0.15, -0.1) is 0 Å². The van der Waals surface area contributed by atoms with Crippen LogP contribution in [0.3, 0.4) is 0 Å². The van der Waals surface area contributed by atoms with Crippen molar-refractivity contribution < 1.29 is 9.13 Å². The Bertz CT molecular complexity index is 954. The summed E-state index contributed by atoms with van der Waals surface area (Å²) in [6, 6.07) is 3.19. The highest BCUT2D eigenvalue weighted by Crippen LogP contribution is 2.28. The third-order valence-corrected chi connectivity index (χ3v) is 4.55. The van der Waals surface area contributed by atoms with Crippen LogP contribution in [-0.2, 0) is 4.74 Å². The maximum atomic E-state index is 13.6. The first kappa shape index (κ1) is 16.7. The van der Waals surface area contributed by atoms with Gasteiger partial charge in [0.25, 0.3) is 0 Å². The lowest BCUT2D eigenvalue weighted by Gasteiger charge is -2.36. The van der Waals surface area contributed by atoms with Crippen molar-refractivity contribution in [1.82, 2.24) is 19.4 Å². The number of nitrogens with two attached hydrogens (primary N) is 1. The van der Waals surface area contributed by atoms with Gasteiger partial charge in [0.2, 0.25) is 0 Å². The van der Waals surface area contributed by atoms with Gasteiger partial charge in [0.05, 0.1) is 23.7 Å². The lowest BCUT2D eigenvalue weighted by Crippen LogP contribution is -2.40. The minimum Gasteiger partial charge on any atom is -0.394 e. The second-order valence-electron chi connectivity index (χ2n) is 7.16. The number of aromatic nitrogens is 4. The van der Waals surface area contributed by atoms with Gasteiger partial charge in [0, 0.05) is 18.8 Å². The standard InChI is InChI=1S/C18H21FN6O/c1-18(2)7-12(5-6-26-18)23-16-13(20)8-22-17(24-16)14-9-21-15-4-3-11(19)10-25(14)15/h3-4,8-10,12H,5-7,20H2,1-2H3,(H,22,23,24). The van der Waals surface area contributed by atoms with Crippen molar-refractivity contribution in [1.29, 1.82) is 0 Å². The molecule has 1 unspecified atom stereocenters. The van der Waals surface area contributed by atoms with E-state index in [1.165, 1.54) is 12.3 Å². The Balaban J connectivity index is 1.66. The topological polar surface area (TPSA) is 90.4 Å². The number of pyridine rings is 1. The fraction of sp³-hybridized carbons (Fsp3) is 0.389. The SMILES string of the molecule is CC1(C)CC(Nc2nc(-c3cnc4ccc(F)cn34)ncc2N)CCO1. The summed E-state index contributed by atoms with van der Waals surface area (Å²) in [6.07, 6.45) is 6.29. The summed E-state index contributed by atoms with van der Waals surface area (Å²) in [6.45, 7) is 4.83. The van der Waals surface area contributed by atoms with Crippen molar-refractivity contribution in [3.05, 3.63) is 36.5 Å². The molecule has 8 heteroatoms. The summed E-state index contributed by atoms with van der Waals surface area (Å²) in [5.74, 6) is 0.658. The summed E-state index contributed by atoms with van der Waals surface area (Å²) < 4.78 is 21.0. The van der Waals surface area contributed by atoms with Crippen molar-refractivity contribution in [2.45, 2.75) is 38.3 Å². The van der Waals surface area contributed by atoms with Gasteiger partial charge in [0.1, 0.15) is 17.2 Å². The minimum absolute atomic E-state index is 0.181. The molecule has 0 spiro atoms. The number of hydrogen-bond donors (Lipinski definition) is 2. The first-order valence-electron chi connectivity index (χ1n) is 8.57. The smallest absolute Gasteiger partial charge is 0.180 e. The Kier molecular flexibility index (Phi) is 3.99. The van der Waals surface area contributed by atoms with Crippen LogP contribution in [0.25, 0.3) is 17.2 Å². The van der Waals surface area contributed by atoms with E-state index < -0.39 is 0 Å². The normalized spacial score (nSPS) is 19.6. The summed E-state index contributed by atoms with van der Waals surface area (Å²) >= 11 is 0. The van der Waals surface area contributed by atoms with Crippen molar-refractivity contribution in [2.75, 3.05) is 17.7 Å². The van der Waals surface area contributed by atoms with Crippen molar-refractivity contribution in [2.24, 2.45) is 0 Å². The second kappa shape index (κ2) is 6.21. The first-order chi connectivity index (χ1) is 12.4. The van der Waals surface area contributed by atoms with Gasteiger partial charge in [0.15, 0.2) is 11.6 Å². The lowest BCUT2D eigenvalue weighted by molar-refractivity contribution is -0.0553. The molecule has 0 aliphatic carbocycles. The number of hydrogen-bond acceptors (Lipinski definition) is 6. The zero-order valence-electron chi connectivity index (χ0n) is 14.7. The molecule has 3 aromatic rings. The summed E-state index contributed by atoms with van der Waals surface area (Å²) in [5, 5.41) is 3.41. The number of imidazole rings is 1. The maximum Gasteiger partial charge on any atom is 0.180 e. The van der Waals surface area contributed by atoms with E-state index in [0.717, 1.165) is 12.8 Å². The van der Waals surface area contributed by atoms with E-state index in [2.05, 4.69) is 34.1 Å². The molecular formula is C18H21FN6O. The van der Waals surface area contributed by atoms with Gasteiger partial charge < -0.3 is 15.8 Å². The number of nitrogens with one attached hydrogen (secondary N) is 1. The van der Waals surface area contributed by atoms with Crippen LogP contribution in [0.1, 0.15) is 26.7 Å². The number of ether oxygens (including phenoxy) is 1. The summed E-state index contributed by atoms with van der Waals surface area (Å²) in [5.41, 5.74) is 7.59. The quantitative estimate of drug-likeness (QED) is 0.750. The van der Waals surface area contributed by atoms with E-state index in [1.807, 2.05) is 0 Å². The van der Waals surface area contributed by atoms with E-state index in [4.69, 9.17) is 10.5 Å². The van der Waals surface area contributed by atoms with E-state index in [9.17, 15) is 4.39 Å². The minimum atomic E-state index is -0.352. The van der Waals surface area contributed by atoms with Crippen LogP contribution >= 0.6 is 0 Å². The Morgan fingerprint density at radius 1 is 1.31 bits per heavy atom. The third-order valence-electron chi connectivity index (χ3n) is 4.55. The molecule has 1 fully saturated rings. The van der Waals surface area contributed by atoms with E-state index in [1.54, 1.807) is 22.9 Å². The molecule has 0 amide bonds. The predicted molar refractivity (Wildman–Crippen MR) is 97.3 cm³/mol. The molecule has 1 aliphatic heterocycles. The molecule has 136 valence electrons. The molecule has 4 rings (SSSR count). The molecule has 0 bridgehead atoms. The highest BCUT2D eigenvalue weighted by atomic mass is 19.1. The van der Waals surface area contributed by atoms with Crippen molar-refractivity contribution in [3.8, 4) is 11.5 Å². The molecule has 1 aliphatic rings. The largest absolute Gasteiger partial charge is 0.394 e. The summed E-state index contributed by atoms with van der Waals surface area (Å²) in [4.78, 5) is 13.1. The van der Waals surface area contributed by atoms with Crippen LogP contribution in [0.5, 0.6) is 0 Å². The molecule has 3 N–H and O–H groups in total. The van der Waals surface area contributed by atoms with Crippen LogP contribution in [-0.4, -0.2) is 37.6 Å². The molecule has 4 heterocycles. The summed E-state index contributed by atoms with van der Waals surface area (Å²) in [7, 11) is 0. The number of halogens is 1. The first-order valence-corrected chi connectivity index (χ1v) is 8.57. The molecule has 3 aromatic heterocycles. The second-order valence-corrected chi connectivity index (χ2v) is 7.16. The Morgan fingerprint density at radius 2 is 2.15 bits per heavy atom. The van der Waals surface area contributed by atoms with Crippen molar-refractivity contribution in [3.63, 3.8) is 0 Å². The van der Waals surface area contributed by atoms with Crippen LogP contribution in [0.2, 0.25) is 0 Å². The number of nitrogens with zero attached hydrogens (tertiary/aromatic N) is 4. The van der Waals surface area contributed by atoms with E-state index >= 15 is 0 Å². The fourth-order valence-corrected chi connectivity index (χ4v) is 3.30. The number of fused-ring (bicyclic) bond motifs is 1. The highest BCUT2D eigenvalue weighted by Gasteiger charge is 2.29. The maximum absolute atomic E-state index is 13.6. The zero-order valence-corrected chi connectivity index (χ0v) is 14.7. The Labute approximate surface area is 150 Å². The number of rotatable bonds is 3. The predicted octanol–water partition coefficient (Wildman–Crippen LogP) is 2.88. The molecule has 1 saturated heterocycles. The lowest BCUT2D eigenvalue weighted by atomic mass is 9.94. The zero-order chi connectivity index (χ0) is 18.3. The monoisotopic (exact) mass is 356 g/mol. The van der Waals surface area contributed by atoms with Gasteiger partial charge in [-0.05, 0) is 38.8 Å². The Morgan fingerprint density at radius 3 is 2.96 bits per heavy atom. The number of anilines is 2. The molecule has 7 nitrogen and oxygen atoms in total. The molecule has 0 aromatic carbocycles. The average Bonchev–Trinajstić information content (AvgIpc) is 2.99. The fourth-order valence-electron chi connectivity index (χ4n) is 3.30. The van der Waals surface area contributed by atoms with Crippen LogP contribution < -0.4 is 11.1 Å². The van der Waals surface area contributed by atoms with Crippen molar-refractivity contribution >= 4 is 17.2 Å². The molecule has 0 radical (unpaired) electrons. The van der Waals surface area contributed by atoms with Gasteiger partial charge in [-0.25, -0.2) is 19.3 Å². The van der Waals surface area contributed by atoms with Crippen LogP contribution in [0.4, 0.5) is 15.9 Å².